The number of nitrogens with two attached hydrogens (primary N) is 1. The van der Waals surface area contributed by atoms with Crippen molar-refractivity contribution in [3.63, 3.8) is 0 Å². The first kappa shape index (κ1) is 10.6. The van der Waals surface area contributed by atoms with Crippen LogP contribution in [0.1, 0.15) is 6.42 Å². The largest absolute Gasteiger partial charge is 0.383 e. The lowest BCUT2D eigenvalue weighted by Gasteiger charge is -2.28. The van der Waals surface area contributed by atoms with Gasteiger partial charge in [0.2, 0.25) is 0 Å². The van der Waals surface area contributed by atoms with Crippen LogP contribution in [0.5, 0.6) is 0 Å². The maximum absolute atomic E-state index is 6.03. The van der Waals surface area contributed by atoms with Crippen LogP contribution in [0.25, 0.3) is 5.65 Å². The van der Waals surface area contributed by atoms with Gasteiger partial charge in [0.25, 0.3) is 0 Å². The molecule has 1 unspecified atom stereocenters. The highest BCUT2D eigenvalue weighted by atomic mass is 79.9. The molecule has 94 valence electrons. The Labute approximate surface area is 112 Å². The molecule has 7 heteroatoms. The fourth-order valence-electron chi connectivity index (χ4n) is 2.93. The van der Waals surface area contributed by atoms with Crippen LogP contribution >= 0.6 is 15.9 Å². The molecule has 4 heterocycles. The van der Waals surface area contributed by atoms with E-state index in [0.717, 1.165) is 29.0 Å². The molecule has 2 fully saturated rings. The molecule has 2 aromatic rings. The number of nitrogens with zero attached hydrogens (tertiary/aromatic N) is 4. The van der Waals surface area contributed by atoms with Crippen molar-refractivity contribution in [2.24, 2.45) is 0 Å². The molecule has 2 aromatic heterocycles. The van der Waals surface area contributed by atoms with Crippen molar-refractivity contribution in [2.75, 3.05) is 23.7 Å². The number of anilines is 2. The highest BCUT2D eigenvalue weighted by Crippen LogP contribution is 2.30. The maximum Gasteiger partial charge on any atom is 0.173 e. The molecule has 0 aromatic carbocycles. The molecular weight excluding hydrogens is 296 g/mol. The normalized spacial score (nSPS) is 26.4. The van der Waals surface area contributed by atoms with Crippen molar-refractivity contribution in [3.8, 4) is 0 Å². The summed E-state index contributed by atoms with van der Waals surface area (Å²) >= 11 is 3.45. The van der Waals surface area contributed by atoms with Crippen LogP contribution in [0.4, 0.5) is 11.6 Å². The van der Waals surface area contributed by atoms with E-state index in [1.807, 2.05) is 6.07 Å². The van der Waals surface area contributed by atoms with Crippen molar-refractivity contribution in [1.82, 2.24) is 19.9 Å². The van der Waals surface area contributed by atoms with Crippen LogP contribution in [-0.2, 0) is 0 Å². The van der Waals surface area contributed by atoms with Gasteiger partial charge < -0.3 is 16.0 Å². The standard InChI is InChI=1S/C11H13BrN6/c12-8-4-15-18-9(13)2-10(16-11(8)18)17-5-6-1-7(17)3-14-6/h2,4,6-7,14H,1,3,5,13H2/t6-,7?/m0/s1. The molecule has 0 aliphatic carbocycles. The Morgan fingerprint density at radius 1 is 1.50 bits per heavy atom. The van der Waals surface area contributed by atoms with Crippen LogP contribution in [0.15, 0.2) is 16.7 Å². The minimum absolute atomic E-state index is 0.547. The lowest BCUT2D eigenvalue weighted by Crippen LogP contribution is -2.44. The van der Waals surface area contributed by atoms with E-state index < -0.39 is 0 Å². The second kappa shape index (κ2) is 3.58. The van der Waals surface area contributed by atoms with Crippen LogP contribution in [0.3, 0.4) is 0 Å². The second-order valence-electron chi connectivity index (χ2n) is 4.91. The Morgan fingerprint density at radius 3 is 3.11 bits per heavy atom. The summed E-state index contributed by atoms with van der Waals surface area (Å²) in [6.45, 7) is 2.05. The Kier molecular flexibility index (Phi) is 2.10. The van der Waals surface area contributed by atoms with Crippen molar-refractivity contribution in [2.45, 2.75) is 18.5 Å². The van der Waals surface area contributed by atoms with Crippen molar-refractivity contribution < 1.29 is 0 Å². The topological polar surface area (TPSA) is 71.5 Å². The number of hydrogen-bond donors (Lipinski definition) is 2. The van der Waals surface area contributed by atoms with Crippen LogP contribution in [-0.4, -0.2) is 39.8 Å². The predicted octanol–water partition coefficient (Wildman–Crippen LogP) is 0.625. The zero-order valence-electron chi connectivity index (χ0n) is 9.67. The molecule has 4 rings (SSSR count). The molecule has 2 aliphatic rings. The zero-order chi connectivity index (χ0) is 12.3. The van der Waals surface area contributed by atoms with E-state index in [9.17, 15) is 0 Å². The number of piperazine rings is 1. The third-order valence-electron chi connectivity index (χ3n) is 3.79. The Balaban J connectivity index is 1.83. The van der Waals surface area contributed by atoms with E-state index in [1.54, 1.807) is 10.7 Å². The van der Waals surface area contributed by atoms with E-state index in [2.05, 4.69) is 36.2 Å². The van der Waals surface area contributed by atoms with Gasteiger partial charge in [0, 0.05) is 31.2 Å². The molecule has 18 heavy (non-hydrogen) atoms. The Morgan fingerprint density at radius 2 is 2.39 bits per heavy atom. The first-order chi connectivity index (χ1) is 8.72. The highest BCUT2D eigenvalue weighted by molar-refractivity contribution is 9.10. The van der Waals surface area contributed by atoms with Gasteiger partial charge in [0.15, 0.2) is 5.65 Å². The summed E-state index contributed by atoms with van der Waals surface area (Å²) in [5.41, 5.74) is 6.81. The monoisotopic (exact) mass is 308 g/mol. The van der Waals surface area contributed by atoms with Gasteiger partial charge in [0.1, 0.15) is 11.6 Å². The summed E-state index contributed by atoms with van der Waals surface area (Å²) in [5.74, 6) is 1.58. The lowest BCUT2D eigenvalue weighted by molar-refractivity contribution is 0.576. The lowest BCUT2D eigenvalue weighted by atomic mass is 10.2. The van der Waals surface area contributed by atoms with Crippen molar-refractivity contribution >= 4 is 33.2 Å². The molecule has 6 nitrogen and oxygen atoms in total. The third-order valence-corrected chi connectivity index (χ3v) is 4.35. The number of nitrogen functional groups attached to an aromatic ring is 1. The van der Waals surface area contributed by atoms with Crippen LogP contribution in [0.2, 0.25) is 0 Å². The zero-order valence-corrected chi connectivity index (χ0v) is 11.3. The number of fused-ring (bicyclic) bond motifs is 3. The minimum atomic E-state index is 0.547. The predicted molar refractivity (Wildman–Crippen MR) is 72.6 cm³/mol. The number of rotatable bonds is 1. The SMILES string of the molecule is Nc1cc(N2C[C@@H]3CC2CN3)nc2c(Br)cnn12. The first-order valence-corrected chi connectivity index (χ1v) is 6.81. The van der Waals surface area contributed by atoms with E-state index in [0.29, 0.717) is 17.9 Å². The molecule has 2 saturated heterocycles. The minimum Gasteiger partial charge on any atom is -0.383 e. The number of hydrogen-bond acceptors (Lipinski definition) is 5. The molecule has 2 bridgehead atoms. The summed E-state index contributed by atoms with van der Waals surface area (Å²) in [6, 6.07) is 3.06. The van der Waals surface area contributed by atoms with Gasteiger partial charge in [-0.15, -0.1) is 0 Å². The second-order valence-corrected chi connectivity index (χ2v) is 5.77. The van der Waals surface area contributed by atoms with Gasteiger partial charge >= 0.3 is 0 Å². The smallest absolute Gasteiger partial charge is 0.173 e. The van der Waals surface area contributed by atoms with Crippen LogP contribution < -0.4 is 16.0 Å². The van der Waals surface area contributed by atoms with E-state index in [4.69, 9.17) is 5.73 Å². The van der Waals surface area contributed by atoms with Gasteiger partial charge in [-0.2, -0.15) is 9.61 Å². The summed E-state index contributed by atoms with van der Waals surface area (Å²) in [6.07, 6.45) is 2.92. The number of aromatic nitrogens is 3. The van der Waals surface area contributed by atoms with Crippen molar-refractivity contribution in [1.29, 1.82) is 0 Å². The summed E-state index contributed by atoms with van der Waals surface area (Å²) in [5, 5.41) is 7.67. The Bertz CT molecular complexity index is 623. The Hall–Kier alpha value is -1.34. The molecule has 0 spiro atoms. The molecule has 0 amide bonds. The average Bonchev–Trinajstić information content (AvgIpc) is 3.05. The van der Waals surface area contributed by atoms with Crippen LogP contribution in [0, 0.1) is 0 Å². The first-order valence-electron chi connectivity index (χ1n) is 6.02. The van der Waals surface area contributed by atoms with Gasteiger partial charge in [-0.25, -0.2) is 4.98 Å². The molecule has 0 radical (unpaired) electrons. The molecule has 0 saturated carbocycles. The molecule has 3 N–H and O–H groups in total. The fourth-order valence-corrected chi connectivity index (χ4v) is 3.28. The fraction of sp³-hybridized carbons (Fsp3) is 0.455. The molecule has 2 aliphatic heterocycles. The summed E-state index contributed by atoms with van der Waals surface area (Å²) in [4.78, 5) is 7.01. The molecule has 2 atom stereocenters. The van der Waals surface area contributed by atoms with E-state index in [-0.39, 0.29) is 0 Å². The number of halogens is 1. The van der Waals surface area contributed by atoms with Crippen molar-refractivity contribution in [3.05, 3.63) is 16.7 Å². The average molecular weight is 309 g/mol. The van der Waals surface area contributed by atoms with Gasteiger partial charge in [0.05, 0.1) is 10.7 Å². The third kappa shape index (κ3) is 1.37. The quantitative estimate of drug-likeness (QED) is 0.808. The molecular formula is C11H13BrN6. The van der Waals surface area contributed by atoms with E-state index in [1.165, 1.54) is 6.42 Å². The summed E-state index contributed by atoms with van der Waals surface area (Å²) < 4.78 is 2.53. The maximum atomic E-state index is 6.03. The number of nitrogens with one attached hydrogen (secondary N) is 1. The summed E-state index contributed by atoms with van der Waals surface area (Å²) in [7, 11) is 0. The van der Waals surface area contributed by atoms with Gasteiger partial charge in [-0.3, -0.25) is 0 Å². The van der Waals surface area contributed by atoms with Gasteiger partial charge in [-0.05, 0) is 22.4 Å². The highest BCUT2D eigenvalue weighted by Gasteiger charge is 2.38. The van der Waals surface area contributed by atoms with E-state index >= 15 is 0 Å². The van der Waals surface area contributed by atoms with Gasteiger partial charge in [-0.1, -0.05) is 0 Å².